The standard InChI is InChI=1S/C19H17F3N2O3/c1-26-18-8-7-14(15-11-17(19(20,21)22)23-24(15)18)16(25)9-10-27-12-13-5-3-2-4-6-13/h2-8,11H,9-10,12H2,1H3. The van der Waals surface area contributed by atoms with Crippen molar-refractivity contribution < 1.29 is 27.4 Å². The summed E-state index contributed by atoms with van der Waals surface area (Å²) < 4.78 is 50.4. The predicted molar refractivity (Wildman–Crippen MR) is 91.8 cm³/mol. The number of benzene rings is 1. The number of Topliss-reactive ketones (excluding diaryl/α,β-unsaturated/α-hetero) is 1. The minimum atomic E-state index is -4.61. The Balaban J connectivity index is 1.75. The Morgan fingerprint density at radius 1 is 1.15 bits per heavy atom. The highest BCUT2D eigenvalue weighted by atomic mass is 19.4. The summed E-state index contributed by atoms with van der Waals surface area (Å²) in [6.45, 7) is 0.517. The number of ether oxygens (including phenoxy) is 2. The summed E-state index contributed by atoms with van der Waals surface area (Å²) in [6.07, 6.45) is -4.57. The summed E-state index contributed by atoms with van der Waals surface area (Å²) in [7, 11) is 1.32. The minimum absolute atomic E-state index is 0.0430. The Labute approximate surface area is 153 Å². The van der Waals surface area contributed by atoms with Gasteiger partial charge in [0, 0.05) is 18.1 Å². The van der Waals surface area contributed by atoms with E-state index in [1.54, 1.807) is 0 Å². The van der Waals surface area contributed by atoms with E-state index in [0.29, 0.717) is 6.61 Å². The molecule has 3 aromatic rings. The van der Waals surface area contributed by atoms with Crippen LogP contribution < -0.4 is 4.74 Å². The van der Waals surface area contributed by atoms with E-state index in [2.05, 4.69) is 5.10 Å². The molecule has 3 rings (SSSR count). The summed E-state index contributed by atoms with van der Waals surface area (Å²) >= 11 is 0. The van der Waals surface area contributed by atoms with E-state index in [-0.39, 0.29) is 35.8 Å². The Bertz CT molecular complexity index is 937. The highest BCUT2D eigenvalue weighted by molar-refractivity contribution is 6.02. The average molecular weight is 378 g/mol. The van der Waals surface area contributed by atoms with Crippen molar-refractivity contribution in [3.63, 3.8) is 0 Å². The van der Waals surface area contributed by atoms with Crippen LogP contribution in [0, 0.1) is 0 Å². The normalized spacial score (nSPS) is 11.7. The lowest BCUT2D eigenvalue weighted by Crippen LogP contribution is -2.08. The van der Waals surface area contributed by atoms with E-state index in [1.807, 2.05) is 30.3 Å². The zero-order valence-electron chi connectivity index (χ0n) is 14.5. The molecule has 2 aromatic heterocycles. The number of pyridine rings is 1. The third-order valence-corrected chi connectivity index (χ3v) is 3.97. The highest BCUT2D eigenvalue weighted by Gasteiger charge is 2.35. The quantitative estimate of drug-likeness (QED) is 0.458. The van der Waals surface area contributed by atoms with Crippen molar-refractivity contribution in [2.24, 2.45) is 0 Å². The number of carbonyl (C=O) groups is 1. The molecule has 0 unspecified atom stereocenters. The van der Waals surface area contributed by atoms with E-state index in [0.717, 1.165) is 16.1 Å². The van der Waals surface area contributed by atoms with E-state index in [4.69, 9.17) is 9.47 Å². The molecule has 0 aliphatic carbocycles. The van der Waals surface area contributed by atoms with Crippen LogP contribution >= 0.6 is 0 Å². The minimum Gasteiger partial charge on any atom is -0.481 e. The van der Waals surface area contributed by atoms with Crippen molar-refractivity contribution in [3.8, 4) is 5.88 Å². The lowest BCUT2D eigenvalue weighted by atomic mass is 10.1. The molecule has 0 amide bonds. The van der Waals surface area contributed by atoms with Gasteiger partial charge in [-0.3, -0.25) is 4.79 Å². The van der Waals surface area contributed by atoms with Gasteiger partial charge >= 0.3 is 6.18 Å². The predicted octanol–water partition coefficient (Wildman–Crippen LogP) is 4.15. The molecule has 1 aromatic carbocycles. The van der Waals surface area contributed by atoms with Crippen LogP contribution in [0.1, 0.15) is 28.0 Å². The van der Waals surface area contributed by atoms with Gasteiger partial charge in [0.1, 0.15) is 0 Å². The van der Waals surface area contributed by atoms with Crippen LogP contribution in [-0.4, -0.2) is 29.1 Å². The van der Waals surface area contributed by atoms with Gasteiger partial charge < -0.3 is 9.47 Å². The number of alkyl halides is 3. The van der Waals surface area contributed by atoms with Crippen LogP contribution in [0.5, 0.6) is 5.88 Å². The fraction of sp³-hybridized carbons (Fsp3) is 0.263. The Morgan fingerprint density at radius 2 is 1.89 bits per heavy atom. The van der Waals surface area contributed by atoms with Gasteiger partial charge in [-0.05, 0) is 17.7 Å². The van der Waals surface area contributed by atoms with Gasteiger partial charge in [0.15, 0.2) is 11.5 Å². The van der Waals surface area contributed by atoms with E-state index in [9.17, 15) is 18.0 Å². The highest BCUT2D eigenvalue weighted by Crippen LogP contribution is 2.31. The molecule has 0 fully saturated rings. The Hall–Kier alpha value is -2.87. The maximum Gasteiger partial charge on any atom is 0.435 e. The second-order valence-corrected chi connectivity index (χ2v) is 5.83. The maximum absolute atomic E-state index is 13.0. The number of aromatic nitrogens is 2. The number of hydrogen-bond donors (Lipinski definition) is 0. The Morgan fingerprint density at radius 3 is 2.56 bits per heavy atom. The second kappa shape index (κ2) is 7.79. The second-order valence-electron chi connectivity index (χ2n) is 5.83. The fourth-order valence-electron chi connectivity index (χ4n) is 2.64. The molecule has 0 N–H and O–H groups in total. The smallest absolute Gasteiger partial charge is 0.435 e. The number of carbonyl (C=O) groups excluding carboxylic acids is 1. The van der Waals surface area contributed by atoms with Crippen LogP contribution in [0.3, 0.4) is 0 Å². The molecule has 0 atom stereocenters. The molecular formula is C19H17F3N2O3. The van der Waals surface area contributed by atoms with Crippen LogP contribution in [0.15, 0.2) is 48.5 Å². The van der Waals surface area contributed by atoms with Gasteiger partial charge in [-0.1, -0.05) is 30.3 Å². The third kappa shape index (κ3) is 4.28. The molecule has 0 aliphatic rings. The molecule has 0 aliphatic heterocycles. The molecule has 8 heteroatoms. The lowest BCUT2D eigenvalue weighted by Gasteiger charge is -2.08. The molecule has 5 nitrogen and oxygen atoms in total. The lowest BCUT2D eigenvalue weighted by molar-refractivity contribution is -0.141. The Kier molecular flexibility index (Phi) is 5.46. The first-order chi connectivity index (χ1) is 12.9. The van der Waals surface area contributed by atoms with Crippen molar-refractivity contribution in [2.45, 2.75) is 19.2 Å². The largest absolute Gasteiger partial charge is 0.481 e. The van der Waals surface area contributed by atoms with Crippen LogP contribution in [0.4, 0.5) is 13.2 Å². The van der Waals surface area contributed by atoms with Crippen LogP contribution in [0.25, 0.3) is 5.52 Å². The maximum atomic E-state index is 13.0. The molecule has 0 bridgehead atoms. The molecule has 2 heterocycles. The van der Waals surface area contributed by atoms with E-state index < -0.39 is 11.9 Å². The molecule has 27 heavy (non-hydrogen) atoms. The molecule has 0 saturated heterocycles. The van der Waals surface area contributed by atoms with E-state index >= 15 is 0 Å². The first-order valence-corrected chi connectivity index (χ1v) is 8.19. The number of halogens is 3. The number of fused-ring (bicyclic) bond motifs is 1. The van der Waals surface area contributed by atoms with Gasteiger partial charge in [0.05, 0.1) is 25.8 Å². The summed E-state index contributed by atoms with van der Waals surface area (Å²) in [5.74, 6) is -0.221. The zero-order valence-corrected chi connectivity index (χ0v) is 14.5. The fourth-order valence-corrected chi connectivity index (χ4v) is 2.64. The average Bonchev–Trinajstić information content (AvgIpc) is 3.11. The van der Waals surface area contributed by atoms with Crippen molar-refractivity contribution in [3.05, 3.63) is 65.4 Å². The van der Waals surface area contributed by atoms with Crippen molar-refractivity contribution in [1.82, 2.24) is 9.61 Å². The number of nitrogens with zero attached hydrogens (tertiary/aromatic N) is 2. The van der Waals surface area contributed by atoms with Gasteiger partial charge in [-0.25, -0.2) is 0 Å². The first-order valence-electron chi connectivity index (χ1n) is 8.19. The van der Waals surface area contributed by atoms with Crippen molar-refractivity contribution in [1.29, 1.82) is 0 Å². The summed E-state index contributed by atoms with van der Waals surface area (Å²) in [5, 5.41) is 3.52. The summed E-state index contributed by atoms with van der Waals surface area (Å²) in [6, 6.07) is 13.2. The third-order valence-electron chi connectivity index (χ3n) is 3.97. The molecule has 142 valence electrons. The van der Waals surface area contributed by atoms with Gasteiger partial charge in [0.2, 0.25) is 5.88 Å². The van der Waals surface area contributed by atoms with Crippen molar-refractivity contribution in [2.75, 3.05) is 13.7 Å². The topological polar surface area (TPSA) is 52.8 Å². The van der Waals surface area contributed by atoms with Crippen LogP contribution in [0.2, 0.25) is 0 Å². The zero-order chi connectivity index (χ0) is 19.4. The number of ketones is 1. The van der Waals surface area contributed by atoms with Crippen LogP contribution in [-0.2, 0) is 17.5 Å². The number of hydrogen-bond acceptors (Lipinski definition) is 4. The number of methoxy groups -OCH3 is 1. The summed E-state index contributed by atoms with van der Waals surface area (Å²) in [4.78, 5) is 12.5. The SMILES string of the molecule is COc1ccc(C(=O)CCOCc2ccccc2)c2cc(C(F)(F)F)nn12. The van der Waals surface area contributed by atoms with Gasteiger partial charge in [0.25, 0.3) is 0 Å². The molecular weight excluding hydrogens is 361 g/mol. The van der Waals surface area contributed by atoms with Gasteiger partial charge in [-0.2, -0.15) is 22.8 Å². The van der Waals surface area contributed by atoms with Crippen molar-refractivity contribution >= 4 is 11.3 Å². The van der Waals surface area contributed by atoms with Gasteiger partial charge in [-0.15, -0.1) is 0 Å². The first kappa shape index (κ1) is 18.9. The molecule has 0 radical (unpaired) electrons. The molecule has 0 spiro atoms. The summed E-state index contributed by atoms with van der Waals surface area (Å²) in [5.41, 5.74) is 0.0839. The van der Waals surface area contributed by atoms with E-state index in [1.165, 1.54) is 19.2 Å². The number of rotatable bonds is 7. The monoisotopic (exact) mass is 378 g/mol. The molecule has 0 saturated carbocycles.